The van der Waals surface area contributed by atoms with Crippen molar-refractivity contribution >= 4 is 39.1 Å². The lowest BCUT2D eigenvalue weighted by Gasteiger charge is -2.14. The van der Waals surface area contributed by atoms with E-state index in [0.717, 1.165) is 27.9 Å². The molecule has 5 aromatic rings. The number of hydrogen-bond acceptors (Lipinski definition) is 7. The highest BCUT2D eigenvalue weighted by Gasteiger charge is 2.14. The molecule has 0 radical (unpaired) electrons. The van der Waals surface area contributed by atoms with Crippen molar-refractivity contribution < 1.29 is 12.8 Å². The fraction of sp³-hybridized carbons (Fsp3) is 0.136. The molecule has 0 amide bonds. The molecule has 0 unspecified atom stereocenters. The fourth-order valence-electron chi connectivity index (χ4n) is 3.74. The number of nitrogens with zero attached hydrogens (tertiary/aromatic N) is 4. The number of aryl methyl sites for hydroxylation is 1. The van der Waals surface area contributed by atoms with Crippen LogP contribution in [-0.2, 0) is 17.4 Å². The number of rotatable bonds is 6. The van der Waals surface area contributed by atoms with Crippen LogP contribution >= 0.6 is 0 Å². The Balaban J connectivity index is 1.54. The van der Waals surface area contributed by atoms with Gasteiger partial charge in [-0.1, -0.05) is 24.3 Å². The Morgan fingerprint density at radius 3 is 2.82 bits per heavy atom. The molecule has 10 nitrogen and oxygen atoms in total. The second-order valence-electron chi connectivity index (χ2n) is 7.65. The van der Waals surface area contributed by atoms with Crippen LogP contribution in [0.15, 0.2) is 63.9 Å². The number of hydrogen-bond donors (Lipinski definition) is 3. The molecule has 0 bridgehead atoms. The molecule has 0 atom stereocenters. The third-order valence-corrected chi connectivity index (χ3v) is 6.08. The summed E-state index contributed by atoms with van der Waals surface area (Å²) in [5.74, 6) is -0.153. The zero-order valence-corrected chi connectivity index (χ0v) is 18.7. The highest BCUT2D eigenvalue weighted by atomic mass is 32.2. The monoisotopic (exact) mass is 464 g/mol. The van der Waals surface area contributed by atoms with E-state index in [2.05, 4.69) is 20.4 Å². The van der Waals surface area contributed by atoms with Crippen LogP contribution in [-0.4, -0.2) is 39.4 Å². The SMILES string of the molecule is Cc1cc2[nH]c(=O)oc2cc1Nc1ncc2ccc(-c3ccccc3CN(C)[SH](=O)=O)n2n1. The van der Waals surface area contributed by atoms with Gasteiger partial charge in [-0.2, -0.15) is 0 Å². The molecule has 2 N–H and O–H groups in total. The first-order valence-corrected chi connectivity index (χ1v) is 11.2. The molecular weight excluding hydrogens is 444 g/mol. The van der Waals surface area contributed by atoms with Gasteiger partial charge in [-0.05, 0) is 36.2 Å². The van der Waals surface area contributed by atoms with E-state index in [-0.39, 0.29) is 6.54 Å². The zero-order valence-electron chi connectivity index (χ0n) is 17.8. The van der Waals surface area contributed by atoms with Crippen LogP contribution in [0, 0.1) is 6.92 Å². The van der Waals surface area contributed by atoms with Crippen LogP contribution in [0.4, 0.5) is 11.6 Å². The average Bonchev–Trinajstić information content (AvgIpc) is 3.36. The van der Waals surface area contributed by atoms with E-state index in [4.69, 9.17) is 4.42 Å². The van der Waals surface area contributed by atoms with Gasteiger partial charge in [0, 0.05) is 30.9 Å². The number of fused-ring (bicyclic) bond motifs is 2. The van der Waals surface area contributed by atoms with E-state index >= 15 is 0 Å². The molecule has 0 aliphatic heterocycles. The first-order valence-electron chi connectivity index (χ1n) is 10.1. The topological polar surface area (TPSA) is 126 Å². The molecule has 2 aromatic carbocycles. The van der Waals surface area contributed by atoms with Crippen LogP contribution in [0.25, 0.3) is 27.9 Å². The number of H-pyrrole nitrogens is 1. The molecule has 5 rings (SSSR count). The van der Waals surface area contributed by atoms with Gasteiger partial charge in [-0.15, -0.1) is 5.10 Å². The van der Waals surface area contributed by atoms with Gasteiger partial charge >= 0.3 is 5.76 Å². The van der Waals surface area contributed by atoms with Crippen molar-refractivity contribution in [2.45, 2.75) is 13.5 Å². The van der Waals surface area contributed by atoms with Crippen molar-refractivity contribution in [3.05, 3.63) is 76.4 Å². The minimum atomic E-state index is -2.68. The predicted octanol–water partition coefficient (Wildman–Crippen LogP) is 2.84. The number of thiol groups is 1. The summed E-state index contributed by atoms with van der Waals surface area (Å²) in [6, 6.07) is 15.0. The Labute approximate surface area is 189 Å². The number of aromatic amines is 1. The van der Waals surface area contributed by atoms with Crippen molar-refractivity contribution in [2.75, 3.05) is 12.4 Å². The van der Waals surface area contributed by atoms with Gasteiger partial charge in [-0.25, -0.2) is 27.0 Å². The summed E-state index contributed by atoms with van der Waals surface area (Å²) in [5, 5.41) is 7.84. The smallest absolute Gasteiger partial charge is 0.408 e. The Morgan fingerprint density at radius 1 is 1.18 bits per heavy atom. The Kier molecular flexibility index (Phi) is 5.19. The summed E-state index contributed by atoms with van der Waals surface area (Å²) in [6.45, 7) is 2.15. The van der Waals surface area contributed by atoms with E-state index in [1.165, 1.54) is 11.4 Å². The third kappa shape index (κ3) is 3.99. The molecular formula is C22H20N6O4S. The van der Waals surface area contributed by atoms with E-state index in [0.29, 0.717) is 22.7 Å². The van der Waals surface area contributed by atoms with Gasteiger partial charge in [-0.3, -0.25) is 4.98 Å². The van der Waals surface area contributed by atoms with Crippen molar-refractivity contribution in [2.24, 2.45) is 0 Å². The molecule has 168 valence electrons. The molecule has 3 heterocycles. The predicted molar refractivity (Wildman–Crippen MR) is 125 cm³/mol. The average molecular weight is 465 g/mol. The Bertz CT molecular complexity index is 1620. The van der Waals surface area contributed by atoms with E-state index < -0.39 is 16.6 Å². The lowest BCUT2D eigenvalue weighted by atomic mass is 10.0. The minimum absolute atomic E-state index is 0.249. The van der Waals surface area contributed by atoms with Crippen LogP contribution in [0.5, 0.6) is 0 Å². The third-order valence-electron chi connectivity index (χ3n) is 5.38. The van der Waals surface area contributed by atoms with E-state index in [1.54, 1.807) is 16.8 Å². The summed E-state index contributed by atoms with van der Waals surface area (Å²) >= 11 is 0. The van der Waals surface area contributed by atoms with Crippen LogP contribution < -0.4 is 11.1 Å². The number of anilines is 2. The molecule has 0 aliphatic rings. The van der Waals surface area contributed by atoms with Crippen molar-refractivity contribution in [3.63, 3.8) is 0 Å². The van der Waals surface area contributed by atoms with E-state index in [1.807, 2.05) is 49.4 Å². The van der Waals surface area contributed by atoms with Crippen LogP contribution in [0.2, 0.25) is 0 Å². The largest absolute Gasteiger partial charge is 0.417 e. The molecule has 0 aliphatic carbocycles. The first-order chi connectivity index (χ1) is 15.9. The molecule has 0 fully saturated rings. The summed E-state index contributed by atoms with van der Waals surface area (Å²) in [4.78, 5) is 18.5. The summed E-state index contributed by atoms with van der Waals surface area (Å²) in [6.07, 6.45) is 1.70. The van der Waals surface area contributed by atoms with Gasteiger partial charge in [0.1, 0.15) is 0 Å². The van der Waals surface area contributed by atoms with Gasteiger partial charge < -0.3 is 9.73 Å². The standard InChI is InChI=1S/C22H20N6O4S/c1-13-9-18-20(32-22(29)25-18)10-17(13)24-21-23-11-15-7-8-19(28(15)26-21)16-6-4-3-5-14(16)12-27(2)33(30)31/h3-11,33H,12H2,1-2H3,(H,24,26)(H,25,29). The minimum Gasteiger partial charge on any atom is -0.408 e. The highest BCUT2D eigenvalue weighted by molar-refractivity contribution is 7.69. The second kappa shape index (κ2) is 8.19. The summed E-state index contributed by atoms with van der Waals surface area (Å²) in [7, 11) is -1.14. The first kappa shape index (κ1) is 20.9. The molecule has 33 heavy (non-hydrogen) atoms. The maximum Gasteiger partial charge on any atom is 0.417 e. The van der Waals surface area contributed by atoms with Crippen LogP contribution in [0.1, 0.15) is 11.1 Å². The maximum absolute atomic E-state index is 11.5. The number of aromatic nitrogens is 4. The van der Waals surface area contributed by atoms with Gasteiger partial charge in [0.25, 0.3) is 0 Å². The summed E-state index contributed by atoms with van der Waals surface area (Å²) in [5.41, 5.74) is 5.98. The second-order valence-corrected chi connectivity index (χ2v) is 8.81. The quantitative estimate of drug-likeness (QED) is 0.330. The maximum atomic E-state index is 11.5. The molecule has 0 saturated heterocycles. The van der Waals surface area contributed by atoms with Crippen molar-refractivity contribution in [1.82, 2.24) is 23.9 Å². The lowest BCUT2D eigenvalue weighted by Crippen LogP contribution is -2.16. The number of benzene rings is 2. The summed E-state index contributed by atoms with van der Waals surface area (Å²) < 4.78 is 30.9. The number of oxazole rings is 1. The lowest BCUT2D eigenvalue weighted by molar-refractivity contribution is 0.487. The molecule has 0 spiro atoms. The van der Waals surface area contributed by atoms with Gasteiger partial charge in [0.2, 0.25) is 16.8 Å². The highest BCUT2D eigenvalue weighted by Crippen LogP contribution is 2.28. The fourth-order valence-corrected chi connectivity index (χ4v) is 4.00. The van der Waals surface area contributed by atoms with E-state index in [9.17, 15) is 13.2 Å². The van der Waals surface area contributed by atoms with Crippen molar-refractivity contribution in [3.8, 4) is 11.3 Å². The normalized spacial score (nSPS) is 11.8. The Hall–Kier alpha value is -3.96. The van der Waals surface area contributed by atoms with Gasteiger partial charge in [0.05, 0.1) is 22.9 Å². The van der Waals surface area contributed by atoms with Crippen molar-refractivity contribution in [1.29, 1.82) is 0 Å². The zero-order chi connectivity index (χ0) is 23.1. The van der Waals surface area contributed by atoms with Gasteiger partial charge in [0.15, 0.2) is 5.58 Å². The van der Waals surface area contributed by atoms with Crippen LogP contribution in [0.3, 0.4) is 0 Å². The molecule has 0 saturated carbocycles. The molecule has 11 heteroatoms. The Morgan fingerprint density at radius 2 is 2.00 bits per heavy atom. The number of nitrogens with one attached hydrogen (secondary N) is 2. The molecule has 3 aromatic heterocycles.